The predicted molar refractivity (Wildman–Crippen MR) is 83.3 cm³/mol. The fourth-order valence-corrected chi connectivity index (χ4v) is 3.51. The van der Waals surface area contributed by atoms with Crippen molar-refractivity contribution in [1.82, 2.24) is 5.32 Å². The van der Waals surface area contributed by atoms with Gasteiger partial charge in [-0.25, -0.2) is 0 Å². The van der Waals surface area contributed by atoms with Crippen LogP contribution in [-0.4, -0.2) is 6.54 Å². The first-order chi connectivity index (χ1) is 9.16. The monoisotopic (exact) mass is 259 g/mol. The van der Waals surface area contributed by atoms with Crippen molar-refractivity contribution in [2.45, 2.75) is 58.9 Å². The first-order valence-electron chi connectivity index (χ1n) is 7.95. The van der Waals surface area contributed by atoms with Crippen molar-refractivity contribution >= 4 is 0 Å². The van der Waals surface area contributed by atoms with Gasteiger partial charge in [-0.2, -0.15) is 0 Å². The van der Waals surface area contributed by atoms with Crippen LogP contribution in [0.4, 0.5) is 0 Å². The van der Waals surface area contributed by atoms with Gasteiger partial charge < -0.3 is 5.32 Å². The highest BCUT2D eigenvalue weighted by atomic mass is 14.9. The van der Waals surface area contributed by atoms with E-state index in [4.69, 9.17) is 0 Å². The highest BCUT2D eigenvalue weighted by Gasteiger charge is 2.18. The second-order valence-electron chi connectivity index (χ2n) is 6.46. The van der Waals surface area contributed by atoms with Crippen LogP contribution in [0.5, 0.6) is 0 Å². The standard InChI is InChI=1S/C18H29N/c1-14-7-6-9-17(13-14)11-12-19-16(3)18-10-5-4-8-15(18)2/h4-5,8,10,14,16-17,19H,6-7,9,11-13H2,1-3H3. The number of hydrogen-bond donors (Lipinski definition) is 1. The Morgan fingerprint density at radius 2 is 2.05 bits per heavy atom. The van der Waals surface area contributed by atoms with Crippen molar-refractivity contribution < 1.29 is 0 Å². The SMILES string of the molecule is Cc1ccccc1C(C)NCCC1CCCC(C)C1. The van der Waals surface area contributed by atoms with Crippen molar-refractivity contribution in [1.29, 1.82) is 0 Å². The molecule has 1 N–H and O–H groups in total. The van der Waals surface area contributed by atoms with Gasteiger partial charge in [0.15, 0.2) is 0 Å². The van der Waals surface area contributed by atoms with Crippen LogP contribution in [-0.2, 0) is 0 Å². The summed E-state index contributed by atoms with van der Waals surface area (Å²) in [5.74, 6) is 1.91. The summed E-state index contributed by atoms with van der Waals surface area (Å²) < 4.78 is 0. The molecule has 1 nitrogen and oxygen atoms in total. The molecule has 3 atom stereocenters. The molecule has 1 aliphatic rings. The van der Waals surface area contributed by atoms with E-state index in [2.05, 4.69) is 50.4 Å². The second-order valence-corrected chi connectivity index (χ2v) is 6.46. The Hall–Kier alpha value is -0.820. The van der Waals surface area contributed by atoms with E-state index in [9.17, 15) is 0 Å². The molecule has 0 heterocycles. The van der Waals surface area contributed by atoms with Crippen molar-refractivity contribution in [3.8, 4) is 0 Å². The van der Waals surface area contributed by atoms with Gasteiger partial charge in [0.1, 0.15) is 0 Å². The quantitative estimate of drug-likeness (QED) is 0.796. The summed E-state index contributed by atoms with van der Waals surface area (Å²) in [4.78, 5) is 0. The third-order valence-electron chi connectivity index (χ3n) is 4.70. The van der Waals surface area contributed by atoms with Crippen LogP contribution in [0.3, 0.4) is 0 Å². The lowest BCUT2D eigenvalue weighted by Crippen LogP contribution is -2.24. The Morgan fingerprint density at radius 1 is 1.26 bits per heavy atom. The average molecular weight is 259 g/mol. The van der Waals surface area contributed by atoms with Gasteiger partial charge in [0.05, 0.1) is 0 Å². The lowest BCUT2D eigenvalue weighted by Gasteiger charge is -2.27. The number of hydrogen-bond acceptors (Lipinski definition) is 1. The smallest absolute Gasteiger partial charge is 0.0294 e. The summed E-state index contributed by atoms with van der Waals surface area (Å²) in [7, 11) is 0. The third-order valence-corrected chi connectivity index (χ3v) is 4.70. The summed E-state index contributed by atoms with van der Waals surface area (Å²) in [6.45, 7) is 8.06. The van der Waals surface area contributed by atoms with Crippen molar-refractivity contribution in [2.24, 2.45) is 11.8 Å². The molecule has 0 spiro atoms. The van der Waals surface area contributed by atoms with E-state index in [1.807, 2.05) is 0 Å². The van der Waals surface area contributed by atoms with Gasteiger partial charge in [-0.3, -0.25) is 0 Å². The van der Waals surface area contributed by atoms with E-state index < -0.39 is 0 Å². The van der Waals surface area contributed by atoms with Crippen LogP contribution in [0.15, 0.2) is 24.3 Å². The van der Waals surface area contributed by atoms with Gasteiger partial charge >= 0.3 is 0 Å². The normalized spacial score (nSPS) is 25.2. The molecular weight excluding hydrogens is 230 g/mol. The number of nitrogens with one attached hydrogen (secondary N) is 1. The molecule has 0 saturated heterocycles. The molecule has 0 radical (unpaired) electrons. The topological polar surface area (TPSA) is 12.0 Å². The molecule has 1 aromatic rings. The van der Waals surface area contributed by atoms with Crippen LogP contribution in [0.25, 0.3) is 0 Å². The zero-order valence-corrected chi connectivity index (χ0v) is 12.8. The Balaban J connectivity index is 1.75. The van der Waals surface area contributed by atoms with E-state index >= 15 is 0 Å². The fraction of sp³-hybridized carbons (Fsp3) is 0.667. The zero-order chi connectivity index (χ0) is 13.7. The van der Waals surface area contributed by atoms with Gasteiger partial charge in [-0.15, -0.1) is 0 Å². The molecule has 0 aromatic heterocycles. The highest BCUT2D eigenvalue weighted by Crippen LogP contribution is 2.30. The lowest BCUT2D eigenvalue weighted by molar-refractivity contribution is 0.265. The average Bonchev–Trinajstić information content (AvgIpc) is 2.39. The summed E-state index contributed by atoms with van der Waals surface area (Å²) in [6.07, 6.45) is 7.13. The molecule has 0 aliphatic heterocycles. The molecule has 19 heavy (non-hydrogen) atoms. The van der Waals surface area contributed by atoms with Gasteiger partial charge in [0.25, 0.3) is 0 Å². The number of rotatable bonds is 5. The molecule has 2 rings (SSSR count). The van der Waals surface area contributed by atoms with E-state index in [0.29, 0.717) is 6.04 Å². The van der Waals surface area contributed by atoms with E-state index in [0.717, 1.165) is 18.4 Å². The van der Waals surface area contributed by atoms with E-state index in [-0.39, 0.29) is 0 Å². The van der Waals surface area contributed by atoms with Gasteiger partial charge in [0.2, 0.25) is 0 Å². The van der Waals surface area contributed by atoms with Crippen molar-refractivity contribution in [2.75, 3.05) is 6.54 Å². The Labute approximate surface area is 118 Å². The molecule has 3 unspecified atom stereocenters. The maximum atomic E-state index is 3.70. The molecule has 1 aliphatic carbocycles. The lowest BCUT2D eigenvalue weighted by atomic mass is 9.81. The molecule has 0 amide bonds. The van der Waals surface area contributed by atoms with Gasteiger partial charge in [-0.05, 0) is 56.2 Å². The summed E-state index contributed by atoms with van der Waals surface area (Å²) in [6, 6.07) is 9.19. The Bertz CT molecular complexity index is 385. The minimum Gasteiger partial charge on any atom is -0.310 e. The Kier molecular flexibility index (Phi) is 5.45. The Morgan fingerprint density at radius 3 is 2.79 bits per heavy atom. The van der Waals surface area contributed by atoms with Crippen LogP contribution in [0, 0.1) is 18.8 Å². The summed E-state index contributed by atoms with van der Waals surface area (Å²) in [5.41, 5.74) is 2.84. The van der Waals surface area contributed by atoms with Crippen molar-refractivity contribution in [3.05, 3.63) is 35.4 Å². The van der Waals surface area contributed by atoms with Crippen LogP contribution < -0.4 is 5.32 Å². The van der Waals surface area contributed by atoms with Crippen molar-refractivity contribution in [3.63, 3.8) is 0 Å². The molecule has 1 aromatic carbocycles. The first-order valence-corrected chi connectivity index (χ1v) is 7.95. The minimum atomic E-state index is 0.474. The van der Waals surface area contributed by atoms with Crippen LogP contribution >= 0.6 is 0 Å². The van der Waals surface area contributed by atoms with Gasteiger partial charge in [-0.1, -0.05) is 50.5 Å². The largest absolute Gasteiger partial charge is 0.310 e. The zero-order valence-electron chi connectivity index (χ0n) is 12.8. The predicted octanol–water partition coefficient (Wildman–Crippen LogP) is 4.86. The number of benzene rings is 1. The third kappa shape index (κ3) is 4.35. The molecule has 1 saturated carbocycles. The van der Waals surface area contributed by atoms with E-state index in [1.165, 1.54) is 43.2 Å². The molecular formula is C18H29N. The first kappa shape index (κ1) is 14.6. The van der Waals surface area contributed by atoms with Crippen LogP contribution in [0.1, 0.15) is 63.1 Å². The maximum Gasteiger partial charge on any atom is 0.0294 e. The van der Waals surface area contributed by atoms with Gasteiger partial charge in [0, 0.05) is 6.04 Å². The van der Waals surface area contributed by atoms with Crippen LogP contribution in [0.2, 0.25) is 0 Å². The molecule has 1 heteroatoms. The number of aryl methyl sites for hydroxylation is 1. The molecule has 1 fully saturated rings. The second kappa shape index (κ2) is 7.09. The highest BCUT2D eigenvalue weighted by molar-refractivity contribution is 5.28. The molecule has 0 bridgehead atoms. The van der Waals surface area contributed by atoms with E-state index in [1.54, 1.807) is 0 Å². The summed E-state index contributed by atoms with van der Waals surface area (Å²) >= 11 is 0. The molecule has 106 valence electrons. The summed E-state index contributed by atoms with van der Waals surface area (Å²) in [5, 5.41) is 3.70. The minimum absolute atomic E-state index is 0.474. The maximum absolute atomic E-state index is 3.70. The fourth-order valence-electron chi connectivity index (χ4n) is 3.51.